The van der Waals surface area contributed by atoms with Gasteiger partial charge in [0.2, 0.25) is 5.91 Å². The molecule has 3 amide bonds. The Morgan fingerprint density at radius 3 is 2.62 bits per heavy atom. The first-order chi connectivity index (χ1) is 16.5. The van der Waals surface area contributed by atoms with Crippen LogP contribution in [0.5, 0.6) is 0 Å². The van der Waals surface area contributed by atoms with Gasteiger partial charge in [0, 0.05) is 30.9 Å². The molecule has 2 aliphatic heterocycles. The molecule has 1 aromatic heterocycles. The van der Waals surface area contributed by atoms with Gasteiger partial charge in [-0.05, 0) is 34.9 Å². The molecule has 0 aliphatic carbocycles. The number of nitrogens with zero attached hydrogens (tertiary/aromatic N) is 3. The van der Waals surface area contributed by atoms with Crippen LogP contribution in [0.25, 0.3) is 11.1 Å². The van der Waals surface area contributed by atoms with Gasteiger partial charge in [0.05, 0.1) is 24.4 Å². The molecule has 2 aromatic carbocycles. The third-order valence-electron chi connectivity index (χ3n) is 6.50. The van der Waals surface area contributed by atoms with Crippen molar-refractivity contribution in [1.29, 1.82) is 0 Å². The largest absolute Gasteiger partial charge is 0.394 e. The average molecular weight is 464 g/mol. The van der Waals surface area contributed by atoms with E-state index in [1.54, 1.807) is 17.3 Å². The molecule has 2 fully saturated rings. The summed E-state index contributed by atoms with van der Waals surface area (Å²) in [6.07, 6.45) is 3.48. The molecular formula is C25H22F2N4O3. The van der Waals surface area contributed by atoms with Gasteiger partial charge in [-0.25, -0.2) is 13.6 Å². The Bertz CT molecular complexity index is 1220. The molecule has 7 nitrogen and oxygen atoms in total. The SMILES string of the molecule is O=C(Nc1cc(F)ccc1F)N1CC(=O)N2[C@@H](CO)[C@H](c3ccc(-c4cccnc4)cc3)[C@@H]2C1. The Morgan fingerprint density at radius 2 is 1.91 bits per heavy atom. The summed E-state index contributed by atoms with van der Waals surface area (Å²) >= 11 is 0. The molecule has 0 bridgehead atoms. The Labute approximate surface area is 194 Å². The van der Waals surface area contributed by atoms with Crippen molar-refractivity contribution in [1.82, 2.24) is 14.8 Å². The molecule has 34 heavy (non-hydrogen) atoms. The zero-order chi connectivity index (χ0) is 23.8. The highest BCUT2D eigenvalue weighted by Crippen LogP contribution is 2.43. The lowest BCUT2D eigenvalue weighted by Gasteiger charge is -2.58. The molecule has 3 aromatic rings. The minimum absolute atomic E-state index is 0.168. The van der Waals surface area contributed by atoms with Gasteiger partial charge >= 0.3 is 6.03 Å². The van der Waals surface area contributed by atoms with Crippen molar-refractivity contribution < 1.29 is 23.5 Å². The van der Waals surface area contributed by atoms with Crippen molar-refractivity contribution in [3.63, 3.8) is 0 Å². The molecule has 174 valence electrons. The first-order valence-electron chi connectivity index (χ1n) is 10.9. The topological polar surface area (TPSA) is 85.8 Å². The molecular weight excluding hydrogens is 442 g/mol. The number of piperazine rings is 1. The number of rotatable bonds is 4. The number of halogens is 2. The molecule has 0 radical (unpaired) electrons. The van der Waals surface area contributed by atoms with Gasteiger partial charge < -0.3 is 20.2 Å². The van der Waals surface area contributed by atoms with Crippen LogP contribution >= 0.6 is 0 Å². The number of amides is 3. The maximum absolute atomic E-state index is 14.0. The second kappa shape index (κ2) is 8.83. The number of carbonyl (C=O) groups excluding carboxylic acids is 2. The lowest BCUT2D eigenvalue weighted by Crippen LogP contribution is -2.73. The van der Waals surface area contributed by atoms with Crippen LogP contribution in [0.3, 0.4) is 0 Å². The number of carbonyl (C=O) groups is 2. The Hall–Kier alpha value is -3.85. The summed E-state index contributed by atoms with van der Waals surface area (Å²) in [4.78, 5) is 32.6. The Morgan fingerprint density at radius 1 is 1.12 bits per heavy atom. The molecule has 3 atom stereocenters. The minimum atomic E-state index is -0.768. The first kappa shape index (κ1) is 22.0. The predicted octanol–water partition coefficient (Wildman–Crippen LogP) is 3.23. The Kier molecular flexibility index (Phi) is 5.70. The standard InChI is InChI=1S/C25H22F2N4O3/c26-18-7-8-19(27)20(10-18)29-25(34)30-12-21-24(22(14-32)31(21)23(33)13-30)16-5-3-15(4-6-16)17-2-1-9-28-11-17/h1-11,21-22,24,32H,12-14H2,(H,29,34)/t21-,22-,24+/m0/s1. The zero-order valence-corrected chi connectivity index (χ0v) is 18.1. The van der Waals surface area contributed by atoms with Crippen molar-refractivity contribution >= 4 is 17.6 Å². The Balaban J connectivity index is 1.35. The molecule has 5 rings (SSSR count). The van der Waals surface area contributed by atoms with E-state index in [1.807, 2.05) is 36.4 Å². The van der Waals surface area contributed by atoms with E-state index < -0.39 is 17.7 Å². The van der Waals surface area contributed by atoms with Gasteiger partial charge in [-0.1, -0.05) is 30.3 Å². The molecule has 3 heterocycles. The van der Waals surface area contributed by atoms with E-state index in [1.165, 1.54) is 4.90 Å². The highest BCUT2D eigenvalue weighted by molar-refractivity contribution is 5.94. The lowest BCUT2D eigenvalue weighted by molar-refractivity contribution is -0.159. The maximum atomic E-state index is 14.0. The highest BCUT2D eigenvalue weighted by Gasteiger charge is 2.54. The molecule has 0 spiro atoms. The second-order valence-electron chi connectivity index (χ2n) is 8.44. The van der Waals surface area contributed by atoms with Gasteiger partial charge in [-0.15, -0.1) is 0 Å². The zero-order valence-electron chi connectivity index (χ0n) is 18.1. The number of hydrogen-bond acceptors (Lipinski definition) is 4. The number of anilines is 1. The van der Waals surface area contributed by atoms with Crippen molar-refractivity contribution in [2.75, 3.05) is 25.0 Å². The molecule has 0 unspecified atom stereocenters. The molecule has 0 saturated carbocycles. The van der Waals surface area contributed by atoms with Crippen LogP contribution in [-0.2, 0) is 4.79 Å². The van der Waals surface area contributed by atoms with Crippen molar-refractivity contribution in [2.45, 2.75) is 18.0 Å². The summed E-state index contributed by atoms with van der Waals surface area (Å²) < 4.78 is 27.4. The van der Waals surface area contributed by atoms with Gasteiger partial charge in [0.25, 0.3) is 0 Å². The monoisotopic (exact) mass is 464 g/mol. The predicted molar refractivity (Wildman–Crippen MR) is 121 cm³/mol. The fourth-order valence-electron chi connectivity index (χ4n) is 4.87. The van der Waals surface area contributed by atoms with Crippen LogP contribution in [0.2, 0.25) is 0 Å². The lowest BCUT2D eigenvalue weighted by atomic mass is 9.73. The fraction of sp³-hybridized carbons (Fsp3) is 0.240. The normalized spacial score (nSPS) is 21.6. The second-order valence-corrected chi connectivity index (χ2v) is 8.44. The maximum Gasteiger partial charge on any atom is 0.322 e. The van der Waals surface area contributed by atoms with E-state index in [4.69, 9.17) is 0 Å². The quantitative estimate of drug-likeness (QED) is 0.621. The smallest absolute Gasteiger partial charge is 0.322 e. The number of hydrogen-bond donors (Lipinski definition) is 2. The van der Waals surface area contributed by atoms with Crippen LogP contribution in [-0.4, -0.2) is 63.6 Å². The van der Waals surface area contributed by atoms with Gasteiger partial charge in [0.15, 0.2) is 0 Å². The molecule has 2 aliphatic rings. The number of urea groups is 1. The highest BCUT2D eigenvalue weighted by atomic mass is 19.1. The van der Waals surface area contributed by atoms with E-state index in [2.05, 4.69) is 10.3 Å². The first-order valence-corrected chi connectivity index (χ1v) is 10.9. The minimum Gasteiger partial charge on any atom is -0.394 e. The van der Waals surface area contributed by atoms with Crippen LogP contribution in [0.15, 0.2) is 67.0 Å². The van der Waals surface area contributed by atoms with Crippen molar-refractivity contribution in [2.24, 2.45) is 0 Å². The molecule has 9 heteroatoms. The van der Waals surface area contributed by atoms with Gasteiger partial charge in [-0.2, -0.15) is 0 Å². The number of benzene rings is 2. The number of aliphatic hydroxyl groups excluding tert-OH is 1. The number of nitrogens with one attached hydrogen (secondary N) is 1. The van der Waals surface area contributed by atoms with Crippen LogP contribution in [0.4, 0.5) is 19.3 Å². The summed E-state index contributed by atoms with van der Waals surface area (Å²) in [5.74, 6) is -1.92. The van der Waals surface area contributed by atoms with Crippen molar-refractivity contribution in [3.8, 4) is 11.1 Å². The third kappa shape index (κ3) is 3.88. The van der Waals surface area contributed by atoms with Crippen LogP contribution < -0.4 is 5.32 Å². The fourth-order valence-corrected chi connectivity index (χ4v) is 4.87. The van der Waals surface area contributed by atoms with Crippen LogP contribution in [0, 0.1) is 11.6 Å². The summed E-state index contributed by atoms with van der Waals surface area (Å²) in [5.41, 5.74) is 2.62. The number of aliphatic hydroxyl groups is 1. The summed E-state index contributed by atoms with van der Waals surface area (Å²) in [6.45, 7) is -0.194. The molecule has 2 saturated heterocycles. The summed E-state index contributed by atoms with van der Waals surface area (Å²) in [6, 6.07) is 13.0. The van der Waals surface area contributed by atoms with Crippen LogP contribution in [0.1, 0.15) is 11.5 Å². The van der Waals surface area contributed by atoms with E-state index in [0.29, 0.717) is 0 Å². The number of aromatic nitrogens is 1. The average Bonchev–Trinajstić information content (AvgIpc) is 2.83. The number of pyridine rings is 1. The van der Waals surface area contributed by atoms with E-state index in [9.17, 15) is 23.5 Å². The van der Waals surface area contributed by atoms with E-state index in [-0.39, 0.29) is 49.3 Å². The van der Waals surface area contributed by atoms with E-state index >= 15 is 0 Å². The summed E-state index contributed by atoms with van der Waals surface area (Å²) in [5, 5.41) is 12.3. The van der Waals surface area contributed by atoms with Gasteiger partial charge in [-0.3, -0.25) is 9.78 Å². The van der Waals surface area contributed by atoms with E-state index in [0.717, 1.165) is 34.9 Å². The summed E-state index contributed by atoms with van der Waals surface area (Å²) in [7, 11) is 0. The number of fused-ring (bicyclic) bond motifs is 1. The van der Waals surface area contributed by atoms with Gasteiger partial charge in [0.1, 0.15) is 18.2 Å². The van der Waals surface area contributed by atoms with Crippen molar-refractivity contribution in [3.05, 3.63) is 84.2 Å². The third-order valence-corrected chi connectivity index (χ3v) is 6.50. The molecule has 2 N–H and O–H groups in total.